The number of nitrogens with one attached hydrogen (secondary N) is 2. The lowest BCUT2D eigenvalue weighted by Gasteiger charge is -2.10. The van der Waals surface area contributed by atoms with Gasteiger partial charge in [0.25, 0.3) is 5.91 Å². The zero-order valence-electron chi connectivity index (χ0n) is 14.8. The Hall–Kier alpha value is -2.32. The molecular formula is C21H13BrClN3OS2. The summed E-state index contributed by atoms with van der Waals surface area (Å²) in [5, 5.41) is 10.6. The zero-order valence-corrected chi connectivity index (χ0v) is 18.8. The van der Waals surface area contributed by atoms with E-state index in [0.29, 0.717) is 15.7 Å². The molecule has 0 saturated carbocycles. The van der Waals surface area contributed by atoms with E-state index in [0.717, 1.165) is 26.5 Å². The van der Waals surface area contributed by atoms with Crippen LogP contribution >= 0.6 is 51.1 Å². The highest BCUT2D eigenvalue weighted by Gasteiger charge is 2.13. The molecule has 3 aromatic carbocycles. The van der Waals surface area contributed by atoms with E-state index in [1.165, 1.54) is 11.3 Å². The second kappa shape index (κ2) is 8.59. The van der Waals surface area contributed by atoms with Crippen molar-refractivity contribution in [2.75, 3.05) is 5.32 Å². The summed E-state index contributed by atoms with van der Waals surface area (Å²) in [5.74, 6) is -0.306. The van der Waals surface area contributed by atoms with Crippen LogP contribution in [0.5, 0.6) is 0 Å². The number of thiazole rings is 1. The van der Waals surface area contributed by atoms with E-state index < -0.39 is 0 Å². The number of aromatic nitrogens is 1. The summed E-state index contributed by atoms with van der Waals surface area (Å²) in [5.41, 5.74) is 2.34. The highest BCUT2D eigenvalue weighted by molar-refractivity contribution is 9.10. The number of carbonyl (C=O) groups excluding carboxylic acids is 1. The van der Waals surface area contributed by atoms with Crippen LogP contribution in [0, 0.1) is 0 Å². The summed E-state index contributed by atoms with van der Waals surface area (Å²) < 4.78 is 1.01. The molecular weight excluding hydrogens is 490 g/mol. The van der Waals surface area contributed by atoms with E-state index in [4.69, 9.17) is 23.8 Å². The third-order valence-corrected chi connectivity index (χ3v) is 6.03. The SMILES string of the molecule is O=C(NC(=S)Nc1nc(-c2ccc(Br)cc2)cs1)c1cccc2c(Cl)cccc12. The second-order valence-electron chi connectivity index (χ2n) is 6.09. The molecule has 2 N–H and O–H groups in total. The molecule has 1 amide bonds. The maximum absolute atomic E-state index is 12.7. The molecule has 1 heterocycles. The standard InChI is InChI=1S/C21H13BrClN3OS2/c22-13-9-7-12(8-10-13)18-11-29-21(24-18)26-20(28)25-19(27)16-5-1-4-15-14(16)3-2-6-17(15)23/h1-11H,(H2,24,25,26,27,28). The molecule has 0 fully saturated rings. The molecule has 0 spiro atoms. The molecule has 0 aliphatic heterocycles. The Kier molecular flexibility index (Phi) is 5.91. The number of fused-ring (bicyclic) bond motifs is 1. The Bertz CT molecular complexity index is 1220. The number of amides is 1. The quantitative estimate of drug-likeness (QED) is 0.314. The van der Waals surface area contributed by atoms with E-state index in [2.05, 4.69) is 31.5 Å². The molecule has 4 aromatic rings. The lowest BCUT2D eigenvalue weighted by atomic mass is 10.0. The molecule has 4 rings (SSSR count). The van der Waals surface area contributed by atoms with E-state index in [1.807, 2.05) is 47.8 Å². The maximum atomic E-state index is 12.7. The highest BCUT2D eigenvalue weighted by atomic mass is 79.9. The first-order valence-corrected chi connectivity index (χ1v) is 11.0. The fourth-order valence-electron chi connectivity index (χ4n) is 2.85. The first-order chi connectivity index (χ1) is 14.0. The average Bonchev–Trinajstić information content (AvgIpc) is 3.16. The third-order valence-electron chi connectivity index (χ3n) is 4.21. The van der Waals surface area contributed by atoms with Gasteiger partial charge in [0, 0.05) is 31.4 Å². The van der Waals surface area contributed by atoms with Gasteiger partial charge in [0.1, 0.15) is 0 Å². The van der Waals surface area contributed by atoms with E-state index in [1.54, 1.807) is 18.2 Å². The molecule has 0 atom stereocenters. The van der Waals surface area contributed by atoms with Gasteiger partial charge >= 0.3 is 0 Å². The van der Waals surface area contributed by atoms with Crippen LogP contribution in [0.4, 0.5) is 5.13 Å². The van der Waals surface area contributed by atoms with Crippen LogP contribution in [0.15, 0.2) is 70.5 Å². The van der Waals surface area contributed by atoms with Crippen molar-refractivity contribution < 1.29 is 4.79 Å². The number of carbonyl (C=O) groups is 1. The minimum absolute atomic E-state index is 0.186. The van der Waals surface area contributed by atoms with Crippen LogP contribution in [0.1, 0.15) is 10.4 Å². The van der Waals surface area contributed by atoms with Crippen molar-refractivity contribution >= 4 is 78.0 Å². The largest absolute Gasteiger partial charge is 0.308 e. The predicted octanol–water partition coefficient (Wildman–Crippen LogP) is 6.51. The molecule has 4 nitrogen and oxygen atoms in total. The molecule has 0 bridgehead atoms. The number of thiocarbonyl (C=S) groups is 1. The van der Waals surface area contributed by atoms with Crippen molar-refractivity contribution in [1.29, 1.82) is 0 Å². The fourth-order valence-corrected chi connectivity index (χ4v) is 4.33. The van der Waals surface area contributed by atoms with Gasteiger partial charge in [-0.15, -0.1) is 11.3 Å². The Labute approximate surface area is 190 Å². The summed E-state index contributed by atoms with van der Waals surface area (Å²) in [6.45, 7) is 0. The van der Waals surface area contributed by atoms with E-state index in [-0.39, 0.29) is 11.0 Å². The van der Waals surface area contributed by atoms with Gasteiger partial charge in [0.05, 0.1) is 5.69 Å². The number of hydrogen-bond donors (Lipinski definition) is 2. The molecule has 0 aliphatic rings. The predicted molar refractivity (Wildman–Crippen MR) is 128 cm³/mol. The number of rotatable bonds is 3. The number of halogens is 2. The van der Waals surface area contributed by atoms with Crippen LogP contribution in [0.3, 0.4) is 0 Å². The average molecular weight is 503 g/mol. The lowest BCUT2D eigenvalue weighted by Crippen LogP contribution is -2.34. The normalized spacial score (nSPS) is 10.7. The summed E-state index contributed by atoms with van der Waals surface area (Å²) in [4.78, 5) is 17.3. The summed E-state index contributed by atoms with van der Waals surface area (Å²) in [6.07, 6.45) is 0. The smallest absolute Gasteiger partial charge is 0.258 e. The van der Waals surface area contributed by atoms with E-state index in [9.17, 15) is 4.79 Å². The Morgan fingerprint density at radius 3 is 2.55 bits per heavy atom. The fraction of sp³-hybridized carbons (Fsp3) is 0. The monoisotopic (exact) mass is 501 g/mol. The minimum atomic E-state index is -0.306. The van der Waals surface area contributed by atoms with Crippen molar-refractivity contribution in [3.8, 4) is 11.3 Å². The van der Waals surface area contributed by atoms with Crippen LogP contribution in [0.2, 0.25) is 5.02 Å². The Morgan fingerprint density at radius 1 is 1.03 bits per heavy atom. The zero-order chi connectivity index (χ0) is 20.4. The Balaban J connectivity index is 1.47. The first kappa shape index (κ1) is 20.0. The lowest BCUT2D eigenvalue weighted by molar-refractivity contribution is 0.0979. The molecule has 8 heteroatoms. The summed E-state index contributed by atoms with van der Waals surface area (Å²) in [6, 6.07) is 18.8. The molecule has 144 valence electrons. The van der Waals surface area contributed by atoms with Gasteiger partial charge in [0.15, 0.2) is 10.2 Å². The minimum Gasteiger partial charge on any atom is -0.308 e. The van der Waals surface area contributed by atoms with Crippen LogP contribution in [0.25, 0.3) is 22.0 Å². The number of benzene rings is 3. The maximum Gasteiger partial charge on any atom is 0.258 e. The number of hydrogen-bond acceptors (Lipinski definition) is 4. The van der Waals surface area contributed by atoms with Gasteiger partial charge in [-0.25, -0.2) is 4.98 Å². The van der Waals surface area contributed by atoms with Crippen LogP contribution in [-0.2, 0) is 0 Å². The molecule has 0 aliphatic carbocycles. The van der Waals surface area contributed by atoms with Gasteiger partial charge in [-0.3, -0.25) is 10.1 Å². The topological polar surface area (TPSA) is 54.0 Å². The van der Waals surface area contributed by atoms with Crippen LogP contribution in [-0.4, -0.2) is 16.0 Å². The van der Waals surface area contributed by atoms with Crippen molar-refractivity contribution in [1.82, 2.24) is 10.3 Å². The molecule has 0 saturated heterocycles. The number of nitrogens with zero attached hydrogens (tertiary/aromatic N) is 1. The molecule has 29 heavy (non-hydrogen) atoms. The number of anilines is 1. The van der Waals surface area contributed by atoms with Gasteiger partial charge in [-0.05, 0) is 41.9 Å². The van der Waals surface area contributed by atoms with E-state index >= 15 is 0 Å². The summed E-state index contributed by atoms with van der Waals surface area (Å²) in [7, 11) is 0. The Morgan fingerprint density at radius 2 is 1.76 bits per heavy atom. The molecule has 0 radical (unpaired) electrons. The highest BCUT2D eigenvalue weighted by Crippen LogP contribution is 2.27. The first-order valence-electron chi connectivity index (χ1n) is 8.52. The van der Waals surface area contributed by atoms with Crippen molar-refractivity contribution in [2.45, 2.75) is 0 Å². The van der Waals surface area contributed by atoms with Crippen molar-refractivity contribution in [3.05, 3.63) is 81.1 Å². The van der Waals surface area contributed by atoms with Gasteiger partial charge in [-0.2, -0.15) is 0 Å². The summed E-state index contributed by atoms with van der Waals surface area (Å²) >= 11 is 16.4. The third kappa shape index (κ3) is 4.48. The molecule has 0 unspecified atom stereocenters. The molecule has 1 aromatic heterocycles. The van der Waals surface area contributed by atoms with Crippen LogP contribution < -0.4 is 10.6 Å². The van der Waals surface area contributed by atoms with Crippen molar-refractivity contribution in [3.63, 3.8) is 0 Å². The second-order valence-corrected chi connectivity index (χ2v) is 8.68. The van der Waals surface area contributed by atoms with Crippen molar-refractivity contribution in [2.24, 2.45) is 0 Å². The van der Waals surface area contributed by atoms with Gasteiger partial charge in [0.2, 0.25) is 0 Å². The van der Waals surface area contributed by atoms with Gasteiger partial charge in [-0.1, -0.05) is 63.9 Å². The van der Waals surface area contributed by atoms with Gasteiger partial charge < -0.3 is 5.32 Å².